The quantitative estimate of drug-likeness (QED) is 0.761. The molecule has 0 aliphatic heterocycles. The molecule has 0 N–H and O–H groups in total. The SMILES string of the molecule is COc1cc(-c2ccc(F)cc2)ccc1Cl. The van der Waals surface area contributed by atoms with Gasteiger partial charge in [0.15, 0.2) is 0 Å². The van der Waals surface area contributed by atoms with E-state index in [4.69, 9.17) is 16.3 Å². The lowest BCUT2D eigenvalue weighted by Gasteiger charge is -2.06. The molecule has 0 aliphatic rings. The van der Waals surface area contributed by atoms with Crippen molar-refractivity contribution in [3.63, 3.8) is 0 Å². The molecule has 0 radical (unpaired) electrons. The molecule has 0 aliphatic carbocycles. The molecule has 82 valence electrons. The maximum Gasteiger partial charge on any atom is 0.138 e. The highest BCUT2D eigenvalue weighted by molar-refractivity contribution is 6.32. The Kier molecular flexibility index (Phi) is 3.11. The van der Waals surface area contributed by atoms with Gasteiger partial charge in [-0.2, -0.15) is 0 Å². The largest absolute Gasteiger partial charge is 0.495 e. The molecule has 0 aromatic heterocycles. The minimum absolute atomic E-state index is 0.246. The second kappa shape index (κ2) is 4.54. The van der Waals surface area contributed by atoms with Crippen molar-refractivity contribution in [2.45, 2.75) is 0 Å². The van der Waals surface area contributed by atoms with E-state index < -0.39 is 0 Å². The van der Waals surface area contributed by atoms with Crippen LogP contribution in [0.4, 0.5) is 4.39 Å². The smallest absolute Gasteiger partial charge is 0.138 e. The number of hydrogen-bond donors (Lipinski definition) is 0. The predicted octanol–water partition coefficient (Wildman–Crippen LogP) is 4.15. The van der Waals surface area contributed by atoms with Crippen LogP contribution in [0.5, 0.6) is 5.75 Å². The van der Waals surface area contributed by atoms with Crippen LogP contribution in [0, 0.1) is 5.82 Å². The van der Waals surface area contributed by atoms with Crippen molar-refractivity contribution in [3.05, 3.63) is 53.3 Å². The van der Waals surface area contributed by atoms with Gasteiger partial charge in [0.2, 0.25) is 0 Å². The van der Waals surface area contributed by atoms with Crippen molar-refractivity contribution in [3.8, 4) is 16.9 Å². The van der Waals surface area contributed by atoms with E-state index in [2.05, 4.69) is 0 Å². The van der Waals surface area contributed by atoms with E-state index in [1.54, 1.807) is 25.3 Å². The number of hydrogen-bond acceptors (Lipinski definition) is 1. The zero-order valence-corrected chi connectivity index (χ0v) is 9.46. The Bertz CT molecular complexity index is 494. The average Bonchev–Trinajstić information content (AvgIpc) is 2.31. The average molecular weight is 237 g/mol. The highest BCUT2D eigenvalue weighted by Gasteiger charge is 2.03. The first kappa shape index (κ1) is 11.0. The lowest BCUT2D eigenvalue weighted by Crippen LogP contribution is -1.85. The monoisotopic (exact) mass is 236 g/mol. The third-order valence-corrected chi connectivity index (χ3v) is 2.64. The summed E-state index contributed by atoms with van der Waals surface area (Å²) < 4.78 is 17.9. The van der Waals surface area contributed by atoms with E-state index in [1.165, 1.54) is 12.1 Å². The second-order valence-corrected chi connectivity index (χ2v) is 3.76. The molecule has 0 spiro atoms. The Morgan fingerprint density at radius 3 is 2.25 bits per heavy atom. The van der Waals surface area contributed by atoms with Crippen molar-refractivity contribution in [2.24, 2.45) is 0 Å². The van der Waals surface area contributed by atoms with Crippen LogP contribution in [0.2, 0.25) is 5.02 Å². The maximum absolute atomic E-state index is 12.8. The normalized spacial score (nSPS) is 10.2. The van der Waals surface area contributed by atoms with E-state index in [-0.39, 0.29) is 5.82 Å². The number of benzene rings is 2. The molecule has 2 rings (SSSR count). The zero-order valence-electron chi connectivity index (χ0n) is 8.71. The van der Waals surface area contributed by atoms with Gasteiger partial charge in [-0.05, 0) is 35.4 Å². The Labute approximate surface area is 98.4 Å². The standard InChI is InChI=1S/C13H10ClFO/c1-16-13-8-10(4-7-12(13)14)9-2-5-11(15)6-3-9/h2-8H,1H3. The van der Waals surface area contributed by atoms with Gasteiger partial charge in [0.25, 0.3) is 0 Å². The van der Waals surface area contributed by atoms with Crippen molar-refractivity contribution in [1.29, 1.82) is 0 Å². The maximum atomic E-state index is 12.8. The molecule has 0 atom stereocenters. The lowest BCUT2D eigenvalue weighted by atomic mass is 10.1. The van der Waals surface area contributed by atoms with Crippen molar-refractivity contribution >= 4 is 11.6 Å². The molecule has 0 amide bonds. The van der Waals surface area contributed by atoms with Gasteiger partial charge in [-0.15, -0.1) is 0 Å². The van der Waals surface area contributed by atoms with E-state index in [0.717, 1.165) is 11.1 Å². The van der Waals surface area contributed by atoms with Crippen molar-refractivity contribution in [2.75, 3.05) is 7.11 Å². The highest BCUT2D eigenvalue weighted by atomic mass is 35.5. The van der Waals surface area contributed by atoms with Crippen LogP contribution in [0.15, 0.2) is 42.5 Å². The fourth-order valence-corrected chi connectivity index (χ4v) is 1.68. The van der Waals surface area contributed by atoms with Gasteiger partial charge in [-0.3, -0.25) is 0 Å². The van der Waals surface area contributed by atoms with Crippen molar-refractivity contribution in [1.82, 2.24) is 0 Å². The Hall–Kier alpha value is -1.54. The summed E-state index contributed by atoms with van der Waals surface area (Å²) in [7, 11) is 1.57. The predicted molar refractivity (Wildman–Crippen MR) is 63.4 cm³/mol. The first-order chi connectivity index (χ1) is 7.70. The topological polar surface area (TPSA) is 9.23 Å². The van der Waals surface area contributed by atoms with Gasteiger partial charge in [-0.1, -0.05) is 29.8 Å². The van der Waals surface area contributed by atoms with E-state index in [0.29, 0.717) is 10.8 Å². The molecule has 0 heterocycles. The van der Waals surface area contributed by atoms with Crippen LogP contribution >= 0.6 is 11.6 Å². The fourth-order valence-electron chi connectivity index (χ4n) is 1.48. The van der Waals surface area contributed by atoms with Crippen LogP contribution in [-0.4, -0.2) is 7.11 Å². The molecule has 0 saturated carbocycles. The molecule has 2 aromatic carbocycles. The summed E-state index contributed by atoms with van der Waals surface area (Å²) in [6, 6.07) is 11.8. The molecule has 0 saturated heterocycles. The molecule has 0 unspecified atom stereocenters. The van der Waals surface area contributed by atoms with Gasteiger partial charge in [0, 0.05) is 0 Å². The van der Waals surface area contributed by atoms with Crippen molar-refractivity contribution < 1.29 is 9.13 Å². The number of methoxy groups -OCH3 is 1. The number of halogens is 2. The summed E-state index contributed by atoms with van der Waals surface area (Å²) in [5.74, 6) is 0.369. The van der Waals surface area contributed by atoms with Gasteiger partial charge in [-0.25, -0.2) is 4.39 Å². The van der Waals surface area contributed by atoms with Crippen LogP contribution < -0.4 is 4.74 Å². The first-order valence-electron chi connectivity index (χ1n) is 4.80. The van der Waals surface area contributed by atoms with E-state index >= 15 is 0 Å². The molecular weight excluding hydrogens is 227 g/mol. The summed E-state index contributed by atoms with van der Waals surface area (Å²) in [6.07, 6.45) is 0. The summed E-state index contributed by atoms with van der Waals surface area (Å²) in [5.41, 5.74) is 1.87. The van der Waals surface area contributed by atoms with Gasteiger partial charge in [0.1, 0.15) is 11.6 Å². The molecule has 2 aromatic rings. The second-order valence-electron chi connectivity index (χ2n) is 3.36. The van der Waals surface area contributed by atoms with E-state index in [9.17, 15) is 4.39 Å². The zero-order chi connectivity index (χ0) is 11.5. The minimum Gasteiger partial charge on any atom is -0.495 e. The molecule has 3 heteroatoms. The third-order valence-electron chi connectivity index (χ3n) is 2.33. The molecule has 16 heavy (non-hydrogen) atoms. The van der Waals surface area contributed by atoms with Crippen LogP contribution in [0.3, 0.4) is 0 Å². The summed E-state index contributed by atoms with van der Waals surface area (Å²) in [4.78, 5) is 0. The summed E-state index contributed by atoms with van der Waals surface area (Å²) in [5, 5.41) is 0.563. The van der Waals surface area contributed by atoms with Crippen LogP contribution in [-0.2, 0) is 0 Å². The fraction of sp³-hybridized carbons (Fsp3) is 0.0769. The molecule has 0 fully saturated rings. The van der Waals surface area contributed by atoms with Crippen LogP contribution in [0.1, 0.15) is 0 Å². The molecule has 0 bridgehead atoms. The van der Waals surface area contributed by atoms with Gasteiger partial charge in [0.05, 0.1) is 12.1 Å². The number of ether oxygens (including phenoxy) is 1. The summed E-state index contributed by atoms with van der Waals surface area (Å²) >= 11 is 5.92. The number of rotatable bonds is 2. The Morgan fingerprint density at radius 2 is 1.62 bits per heavy atom. The minimum atomic E-state index is -0.246. The summed E-state index contributed by atoms with van der Waals surface area (Å²) in [6.45, 7) is 0. The molecular formula is C13H10ClFO. The Balaban J connectivity index is 2.44. The third kappa shape index (κ3) is 2.17. The highest BCUT2D eigenvalue weighted by Crippen LogP contribution is 2.30. The van der Waals surface area contributed by atoms with E-state index in [1.807, 2.05) is 12.1 Å². The molecule has 1 nitrogen and oxygen atoms in total. The van der Waals surface area contributed by atoms with Gasteiger partial charge >= 0.3 is 0 Å². The first-order valence-corrected chi connectivity index (χ1v) is 5.18. The lowest BCUT2D eigenvalue weighted by molar-refractivity contribution is 0.415. The van der Waals surface area contributed by atoms with Crippen LogP contribution in [0.25, 0.3) is 11.1 Å². The van der Waals surface area contributed by atoms with Gasteiger partial charge < -0.3 is 4.74 Å². The Morgan fingerprint density at radius 1 is 1.00 bits per heavy atom.